The van der Waals surface area contributed by atoms with Crippen LogP contribution in [0.4, 0.5) is 10.5 Å². The highest BCUT2D eigenvalue weighted by Gasteiger charge is 2.23. The summed E-state index contributed by atoms with van der Waals surface area (Å²) in [5.74, 6) is -0.440. The van der Waals surface area contributed by atoms with Crippen molar-refractivity contribution in [2.75, 3.05) is 18.0 Å². The van der Waals surface area contributed by atoms with Crippen LogP contribution in [0.3, 0.4) is 0 Å². The average molecular weight is 309 g/mol. The van der Waals surface area contributed by atoms with Crippen molar-refractivity contribution < 1.29 is 9.59 Å². The molecule has 3 rings (SSSR count). The van der Waals surface area contributed by atoms with Crippen LogP contribution in [0.1, 0.15) is 21.5 Å². The number of benzene rings is 2. The number of nitrogens with one attached hydrogen (secondary N) is 1. The fourth-order valence-corrected chi connectivity index (χ4v) is 2.84. The first-order valence-corrected chi connectivity index (χ1v) is 7.67. The Bertz CT molecular complexity index is 743. The Kier molecular flexibility index (Phi) is 4.28. The normalized spacial score (nSPS) is 12.8. The van der Waals surface area contributed by atoms with E-state index in [9.17, 15) is 9.59 Å². The second kappa shape index (κ2) is 6.52. The highest BCUT2D eigenvalue weighted by atomic mass is 16.2. The lowest BCUT2D eigenvalue weighted by atomic mass is 10.1. The van der Waals surface area contributed by atoms with Crippen molar-refractivity contribution in [1.82, 2.24) is 5.32 Å². The Balaban J connectivity index is 1.56. The molecule has 0 saturated heterocycles. The average Bonchev–Trinajstić information content (AvgIpc) is 2.99. The maximum absolute atomic E-state index is 12.3. The van der Waals surface area contributed by atoms with Crippen molar-refractivity contribution in [3.8, 4) is 0 Å². The number of fused-ring (bicyclic) bond motifs is 1. The van der Waals surface area contributed by atoms with Crippen LogP contribution in [0, 0.1) is 0 Å². The van der Waals surface area contributed by atoms with Gasteiger partial charge in [0.2, 0.25) is 5.91 Å². The Morgan fingerprint density at radius 2 is 1.96 bits per heavy atom. The lowest BCUT2D eigenvalue weighted by Crippen LogP contribution is -2.39. The minimum Gasteiger partial charge on any atom is -0.366 e. The monoisotopic (exact) mass is 309 g/mol. The molecule has 0 fully saturated rings. The van der Waals surface area contributed by atoms with Crippen molar-refractivity contribution in [3.63, 3.8) is 0 Å². The second-order valence-corrected chi connectivity index (χ2v) is 5.58. The van der Waals surface area contributed by atoms with Gasteiger partial charge in [0.05, 0.1) is 0 Å². The molecule has 0 aromatic heterocycles. The Morgan fingerprint density at radius 3 is 2.78 bits per heavy atom. The third-order valence-electron chi connectivity index (χ3n) is 4.03. The van der Waals surface area contributed by atoms with E-state index < -0.39 is 5.91 Å². The Morgan fingerprint density at radius 1 is 1.13 bits per heavy atom. The highest BCUT2D eigenvalue weighted by Crippen LogP contribution is 2.27. The standard InChI is InChI=1S/C18H19N3O2/c19-17(22)15-6-3-4-13(12-15)8-10-20-18(23)21-11-9-14-5-1-2-7-16(14)21/h1-7,12H,8-11H2,(H2,19,22)(H,20,23). The molecule has 1 aliphatic rings. The molecule has 2 aromatic carbocycles. The quantitative estimate of drug-likeness (QED) is 0.907. The zero-order valence-electron chi connectivity index (χ0n) is 12.8. The molecule has 23 heavy (non-hydrogen) atoms. The van der Waals surface area contributed by atoms with E-state index in [1.54, 1.807) is 23.1 Å². The molecule has 0 atom stereocenters. The molecule has 1 aliphatic heterocycles. The number of amides is 3. The fraction of sp³-hybridized carbons (Fsp3) is 0.222. The molecule has 0 saturated carbocycles. The van der Waals surface area contributed by atoms with Gasteiger partial charge in [0, 0.05) is 24.3 Å². The first-order chi connectivity index (χ1) is 11.1. The maximum Gasteiger partial charge on any atom is 0.321 e. The number of primary amides is 1. The minimum atomic E-state index is -0.440. The summed E-state index contributed by atoms with van der Waals surface area (Å²) in [6.45, 7) is 1.22. The molecule has 3 N–H and O–H groups in total. The summed E-state index contributed by atoms with van der Waals surface area (Å²) >= 11 is 0. The molecule has 2 aromatic rings. The minimum absolute atomic E-state index is 0.0824. The van der Waals surface area contributed by atoms with Gasteiger partial charge >= 0.3 is 6.03 Å². The Labute approximate surface area is 135 Å². The van der Waals surface area contributed by atoms with Gasteiger partial charge in [-0.15, -0.1) is 0 Å². The lowest BCUT2D eigenvalue weighted by Gasteiger charge is -2.18. The van der Waals surface area contributed by atoms with Crippen LogP contribution in [0.25, 0.3) is 0 Å². The van der Waals surface area contributed by atoms with E-state index in [-0.39, 0.29) is 6.03 Å². The summed E-state index contributed by atoms with van der Waals surface area (Å²) in [7, 11) is 0. The molecule has 118 valence electrons. The third-order valence-corrected chi connectivity index (χ3v) is 4.03. The largest absolute Gasteiger partial charge is 0.366 e. The summed E-state index contributed by atoms with van der Waals surface area (Å²) in [6, 6.07) is 15.0. The number of hydrogen-bond donors (Lipinski definition) is 2. The van der Waals surface area contributed by atoms with Gasteiger partial charge in [-0.2, -0.15) is 0 Å². The number of urea groups is 1. The van der Waals surface area contributed by atoms with Crippen molar-refractivity contribution in [2.24, 2.45) is 5.73 Å². The van der Waals surface area contributed by atoms with Crippen LogP contribution >= 0.6 is 0 Å². The number of nitrogens with zero attached hydrogens (tertiary/aromatic N) is 1. The third kappa shape index (κ3) is 3.34. The number of nitrogens with two attached hydrogens (primary N) is 1. The van der Waals surface area contributed by atoms with Crippen molar-refractivity contribution >= 4 is 17.6 Å². The van der Waals surface area contributed by atoms with E-state index in [0.29, 0.717) is 25.1 Å². The van der Waals surface area contributed by atoms with Crippen molar-refractivity contribution in [2.45, 2.75) is 12.8 Å². The smallest absolute Gasteiger partial charge is 0.321 e. The molecular formula is C18H19N3O2. The summed E-state index contributed by atoms with van der Waals surface area (Å²) in [5, 5.41) is 2.93. The lowest BCUT2D eigenvalue weighted by molar-refractivity contribution is 0.1000. The van der Waals surface area contributed by atoms with E-state index in [1.807, 2.05) is 24.3 Å². The second-order valence-electron chi connectivity index (χ2n) is 5.58. The van der Waals surface area contributed by atoms with Crippen LogP contribution in [-0.2, 0) is 12.8 Å². The van der Waals surface area contributed by atoms with Crippen LogP contribution in [0.15, 0.2) is 48.5 Å². The fourth-order valence-electron chi connectivity index (χ4n) is 2.84. The zero-order chi connectivity index (χ0) is 16.2. The number of carbonyl (C=O) groups excluding carboxylic acids is 2. The molecule has 1 heterocycles. The van der Waals surface area contributed by atoms with Crippen molar-refractivity contribution in [1.29, 1.82) is 0 Å². The van der Waals surface area contributed by atoms with Gasteiger partial charge in [0.1, 0.15) is 0 Å². The summed E-state index contributed by atoms with van der Waals surface area (Å²) in [4.78, 5) is 25.3. The van der Waals surface area contributed by atoms with Gasteiger partial charge in [-0.25, -0.2) is 4.79 Å². The molecule has 0 spiro atoms. The molecule has 3 amide bonds. The molecular weight excluding hydrogens is 290 g/mol. The topological polar surface area (TPSA) is 75.4 Å². The Hall–Kier alpha value is -2.82. The molecule has 0 unspecified atom stereocenters. The van der Waals surface area contributed by atoms with Gasteiger partial charge < -0.3 is 11.1 Å². The number of hydrogen-bond acceptors (Lipinski definition) is 2. The predicted octanol–water partition coefficient (Wildman–Crippen LogP) is 2.10. The van der Waals surface area contributed by atoms with E-state index in [2.05, 4.69) is 11.4 Å². The zero-order valence-corrected chi connectivity index (χ0v) is 12.8. The predicted molar refractivity (Wildman–Crippen MR) is 89.6 cm³/mol. The van der Waals surface area contributed by atoms with Gasteiger partial charge in [-0.05, 0) is 42.2 Å². The number of rotatable bonds is 4. The van der Waals surface area contributed by atoms with Crippen molar-refractivity contribution in [3.05, 3.63) is 65.2 Å². The first kappa shape index (κ1) is 15.1. The maximum atomic E-state index is 12.3. The molecule has 5 nitrogen and oxygen atoms in total. The van der Waals surface area contributed by atoms with Crippen LogP contribution in [-0.4, -0.2) is 25.0 Å². The molecule has 0 aliphatic carbocycles. The number of carbonyl (C=O) groups is 2. The van der Waals surface area contributed by atoms with Crippen LogP contribution < -0.4 is 16.0 Å². The molecule has 5 heteroatoms. The van der Waals surface area contributed by atoms with Gasteiger partial charge in [0.25, 0.3) is 0 Å². The van der Waals surface area contributed by atoms with Gasteiger partial charge in [0.15, 0.2) is 0 Å². The van der Waals surface area contributed by atoms with Crippen LogP contribution in [0.2, 0.25) is 0 Å². The summed E-state index contributed by atoms with van der Waals surface area (Å²) < 4.78 is 0. The van der Waals surface area contributed by atoms with Gasteiger partial charge in [-0.1, -0.05) is 30.3 Å². The van der Waals surface area contributed by atoms with E-state index in [0.717, 1.165) is 17.7 Å². The SMILES string of the molecule is NC(=O)c1cccc(CCNC(=O)N2CCc3ccccc32)c1. The van der Waals surface area contributed by atoms with E-state index in [4.69, 9.17) is 5.73 Å². The van der Waals surface area contributed by atoms with E-state index in [1.165, 1.54) is 5.56 Å². The number of para-hydroxylation sites is 1. The molecule has 0 radical (unpaired) electrons. The molecule has 0 bridgehead atoms. The highest BCUT2D eigenvalue weighted by molar-refractivity contribution is 5.94. The summed E-state index contributed by atoms with van der Waals surface area (Å²) in [6.07, 6.45) is 1.55. The summed E-state index contributed by atoms with van der Waals surface area (Å²) in [5.41, 5.74) is 8.93. The first-order valence-electron chi connectivity index (χ1n) is 7.67. The van der Waals surface area contributed by atoms with Crippen LogP contribution in [0.5, 0.6) is 0 Å². The number of anilines is 1. The van der Waals surface area contributed by atoms with Gasteiger partial charge in [-0.3, -0.25) is 9.69 Å². The van der Waals surface area contributed by atoms with E-state index >= 15 is 0 Å².